The lowest BCUT2D eigenvalue weighted by Gasteiger charge is -2.12. The maximum atomic E-state index is 12.2. The summed E-state index contributed by atoms with van der Waals surface area (Å²) in [6, 6.07) is 13.1. The van der Waals surface area contributed by atoms with E-state index in [4.69, 9.17) is 0 Å². The molecular formula is C18H17N3O4S. The van der Waals surface area contributed by atoms with Crippen molar-refractivity contribution < 1.29 is 14.5 Å². The van der Waals surface area contributed by atoms with Crippen molar-refractivity contribution in [3.05, 3.63) is 70.3 Å². The molecular weight excluding hydrogens is 354 g/mol. The number of hydrogen-bond donors (Lipinski definition) is 1. The van der Waals surface area contributed by atoms with Crippen molar-refractivity contribution >= 4 is 40.4 Å². The number of carbonyl (C=O) groups excluding carboxylic acids is 2. The molecule has 2 aromatic carbocycles. The van der Waals surface area contributed by atoms with Crippen molar-refractivity contribution in [2.24, 2.45) is 0 Å². The molecule has 2 aromatic rings. The van der Waals surface area contributed by atoms with Crippen molar-refractivity contribution in [3.8, 4) is 0 Å². The Morgan fingerprint density at radius 3 is 2.46 bits per heavy atom. The molecule has 2 rings (SSSR count). The third-order valence-corrected chi connectivity index (χ3v) is 4.37. The second-order valence-electron chi connectivity index (χ2n) is 5.40. The molecule has 2 amide bonds. The van der Waals surface area contributed by atoms with Gasteiger partial charge in [-0.1, -0.05) is 24.3 Å². The minimum absolute atomic E-state index is 0.0796. The van der Waals surface area contributed by atoms with Gasteiger partial charge in [0.05, 0.1) is 16.2 Å². The monoisotopic (exact) mass is 371 g/mol. The Morgan fingerprint density at radius 1 is 1.12 bits per heavy atom. The van der Waals surface area contributed by atoms with Crippen LogP contribution in [0.4, 0.5) is 16.2 Å². The number of hydrogen-bond acceptors (Lipinski definition) is 5. The summed E-state index contributed by atoms with van der Waals surface area (Å²) in [5, 5.41) is 13.5. The number of benzene rings is 2. The van der Waals surface area contributed by atoms with E-state index in [0.29, 0.717) is 16.1 Å². The lowest BCUT2D eigenvalue weighted by atomic mass is 10.1. The lowest BCUT2D eigenvalue weighted by Crippen LogP contribution is -2.16. The number of nitro benzene ring substituents is 1. The Morgan fingerprint density at radius 2 is 1.77 bits per heavy atom. The van der Waals surface area contributed by atoms with Crippen LogP contribution in [0, 0.1) is 10.1 Å². The van der Waals surface area contributed by atoms with Crippen LogP contribution in [-0.2, 0) is 4.79 Å². The number of nitrogens with zero attached hydrogens (tertiary/aromatic N) is 2. The van der Waals surface area contributed by atoms with Gasteiger partial charge < -0.3 is 10.2 Å². The quantitative estimate of drug-likeness (QED) is 0.371. The maximum Gasteiger partial charge on any atom is 0.286 e. The van der Waals surface area contributed by atoms with Crippen molar-refractivity contribution in [1.82, 2.24) is 4.90 Å². The summed E-state index contributed by atoms with van der Waals surface area (Å²) in [7, 11) is 3.29. The average Bonchev–Trinajstić information content (AvgIpc) is 2.61. The molecule has 8 heteroatoms. The number of nitrogens with one attached hydrogen (secondary N) is 1. The van der Waals surface area contributed by atoms with E-state index in [0.717, 1.165) is 11.8 Å². The third kappa shape index (κ3) is 5.18. The number of carbonyl (C=O) groups is 2. The number of rotatable bonds is 5. The van der Waals surface area contributed by atoms with Crippen LogP contribution in [-0.4, -0.2) is 35.1 Å². The predicted octanol–water partition coefficient (Wildman–Crippen LogP) is 4.02. The molecule has 0 saturated heterocycles. The zero-order valence-corrected chi connectivity index (χ0v) is 15.0. The summed E-state index contributed by atoms with van der Waals surface area (Å²) < 4.78 is 0. The molecule has 134 valence electrons. The number of thioether (sulfide) groups is 1. The number of anilines is 1. The minimum atomic E-state index is -0.504. The largest absolute Gasteiger partial charge is 0.339 e. The van der Waals surface area contributed by atoms with Gasteiger partial charge in [0, 0.05) is 31.1 Å². The first kappa shape index (κ1) is 19.2. The van der Waals surface area contributed by atoms with E-state index in [9.17, 15) is 19.7 Å². The zero-order chi connectivity index (χ0) is 19.1. The number of para-hydroxylation sites is 2. The van der Waals surface area contributed by atoms with Gasteiger partial charge in [-0.15, -0.1) is 0 Å². The summed E-state index contributed by atoms with van der Waals surface area (Å²) >= 11 is 1.00. The summed E-state index contributed by atoms with van der Waals surface area (Å²) in [6.07, 6.45) is 2.60. The number of amides is 2. The van der Waals surface area contributed by atoms with E-state index in [1.165, 1.54) is 23.1 Å². The highest BCUT2D eigenvalue weighted by molar-refractivity contribution is 8.13. The summed E-state index contributed by atoms with van der Waals surface area (Å²) in [6.45, 7) is 0. The van der Waals surface area contributed by atoms with E-state index in [1.54, 1.807) is 56.6 Å². The molecule has 0 aliphatic heterocycles. The van der Waals surface area contributed by atoms with Gasteiger partial charge in [-0.25, -0.2) is 0 Å². The molecule has 0 unspecified atom stereocenters. The van der Waals surface area contributed by atoms with Crippen molar-refractivity contribution in [2.45, 2.75) is 4.90 Å². The predicted molar refractivity (Wildman–Crippen MR) is 102 cm³/mol. The topological polar surface area (TPSA) is 92.6 Å². The first-order valence-corrected chi connectivity index (χ1v) is 8.41. The first-order valence-electron chi connectivity index (χ1n) is 7.59. The third-order valence-electron chi connectivity index (χ3n) is 3.26. The van der Waals surface area contributed by atoms with E-state index in [2.05, 4.69) is 5.32 Å². The Labute approximate surface area is 154 Å². The van der Waals surface area contributed by atoms with Crippen LogP contribution in [0.3, 0.4) is 0 Å². The zero-order valence-electron chi connectivity index (χ0n) is 14.2. The SMILES string of the molecule is CN(C)C(=O)Sc1ccccc1NC(=O)C=Cc1ccccc1[N+](=O)[O-]. The normalized spacial score (nSPS) is 10.5. The van der Waals surface area contributed by atoms with Gasteiger partial charge in [0.25, 0.3) is 10.9 Å². The Bertz CT molecular complexity index is 865. The van der Waals surface area contributed by atoms with E-state index < -0.39 is 10.8 Å². The van der Waals surface area contributed by atoms with E-state index in [1.807, 2.05) is 0 Å². The van der Waals surface area contributed by atoms with Crippen LogP contribution < -0.4 is 5.32 Å². The molecule has 0 bridgehead atoms. The molecule has 0 fully saturated rings. The fourth-order valence-corrected chi connectivity index (χ4v) is 2.73. The van der Waals surface area contributed by atoms with Crippen molar-refractivity contribution in [1.29, 1.82) is 0 Å². The molecule has 0 aliphatic carbocycles. The molecule has 0 saturated carbocycles. The van der Waals surface area contributed by atoms with Gasteiger partial charge in [0.15, 0.2) is 0 Å². The second-order valence-corrected chi connectivity index (χ2v) is 6.39. The highest BCUT2D eigenvalue weighted by atomic mass is 32.2. The van der Waals surface area contributed by atoms with Crippen LogP contribution in [0.2, 0.25) is 0 Å². The van der Waals surface area contributed by atoms with Gasteiger partial charge in [-0.3, -0.25) is 19.7 Å². The molecule has 0 radical (unpaired) electrons. The molecule has 0 aromatic heterocycles. The molecule has 0 atom stereocenters. The van der Waals surface area contributed by atoms with Crippen LogP contribution in [0.1, 0.15) is 5.56 Å². The van der Waals surface area contributed by atoms with Crippen LogP contribution in [0.5, 0.6) is 0 Å². The second kappa shape index (κ2) is 8.82. The van der Waals surface area contributed by atoms with Crippen molar-refractivity contribution in [2.75, 3.05) is 19.4 Å². The van der Waals surface area contributed by atoms with Crippen LogP contribution >= 0.6 is 11.8 Å². The Kier molecular flexibility index (Phi) is 6.51. The first-order chi connectivity index (χ1) is 12.4. The van der Waals surface area contributed by atoms with Gasteiger partial charge >= 0.3 is 0 Å². The van der Waals surface area contributed by atoms with Crippen molar-refractivity contribution in [3.63, 3.8) is 0 Å². The van der Waals surface area contributed by atoms with Gasteiger partial charge in [0.1, 0.15) is 0 Å². The average molecular weight is 371 g/mol. The number of nitro groups is 1. The fourth-order valence-electron chi connectivity index (χ4n) is 1.98. The maximum absolute atomic E-state index is 12.2. The van der Waals surface area contributed by atoms with Crippen LogP contribution in [0.25, 0.3) is 6.08 Å². The van der Waals surface area contributed by atoms with Gasteiger partial charge in [-0.2, -0.15) is 0 Å². The summed E-state index contributed by atoms with van der Waals surface area (Å²) in [5.41, 5.74) is 0.743. The molecule has 0 heterocycles. The Balaban J connectivity index is 2.14. The van der Waals surface area contributed by atoms with Crippen LogP contribution in [0.15, 0.2) is 59.5 Å². The fraction of sp³-hybridized carbons (Fsp3) is 0.111. The minimum Gasteiger partial charge on any atom is -0.339 e. The smallest absolute Gasteiger partial charge is 0.286 e. The van der Waals surface area contributed by atoms with Gasteiger partial charge in [-0.05, 0) is 36.0 Å². The van der Waals surface area contributed by atoms with Gasteiger partial charge in [0.2, 0.25) is 5.91 Å². The highest BCUT2D eigenvalue weighted by Gasteiger charge is 2.12. The molecule has 1 N–H and O–H groups in total. The lowest BCUT2D eigenvalue weighted by molar-refractivity contribution is -0.385. The Hall–Kier alpha value is -3.13. The summed E-state index contributed by atoms with van der Waals surface area (Å²) in [5.74, 6) is -0.450. The molecule has 26 heavy (non-hydrogen) atoms. The highest BCUT2D eigenvalue weighted by Crippen LogP contribution is 2.28. The van der Waals surface area contributed by atoms with E-state index >= 15 is 0 Å². The molecule has 7 nitrogen and oxygen atoms in total. The molecule has 0 spiro atoms. The molecule has 0 aliphatic rings. The van der Waals surface area contributed by atoms with E-state index in [-0.39, 0.29) is 10.9 Å². The summed E-state index contributed by atoms with van der Waals surface area (Å²) in [4.78, 5) is 36.6. The standard InChI is InChI=1S/C18H17N3O4S/c1-20(2)18(23)26-16-10-6-4-8-14(16)19-17(22)12-11-13-7-3-5-9-15(13)21(24)25/h3-12H,1-2H3,(H,19,22).